The number of carboxylic acids is 1. The molecule has 1 aliphatic heterocycles. The number of hydrogen-bond donors (Lipinski definition) is 2. The van der Waals surface area contributed by atoms with Crippen molar-refractivity contribution in [3.8, 4) is 5.75 Å². The second kappa shape index (κ2) is 6.49. The number of anilines is 1. The first-order valence-corrected chi connectivity index (χ1v) is 8.21. The quantitative estimate of drug-likeness (QED) is 0.817. The molecular weight excluding hydrogens is 317 g/mol. The molecule has 22 heavy (non-hydrogen) atoms. The third kappa shape index (κ3) is 3.66. The van der Waals surface area contributed by atoms with Crippen LogP contribution in [-0.2, 0) is 14.8 Å². The minimum atomic E-state index is -3.90. The summed E-state index contributed by atoms with van der Waals surface area (Å²) in [6.45, 7) is 0.492. The Morgan fingerprint density at radius 3 is 2.82 bits per heavy atom. The van der Waals surface area contributed by atoms with E-state index in [-0.39, 0.29) is 11.5 Å². The van der Waals surface area contributed by atoms with Gasteiger partial charge in [0.05, 0.1) is 24.5 Å². The molecule has 1 unspecified atom stereocenters. The molecule has 1 aromatic carbocycles. The van der Waals surface area contributed by atoms with Crippen LogP contribution in [0.2, 0.25) is 0 Å². The van der Waals surface area contributed by atoms with Crippen molar-refractivity contribution in [2.24, 2.45) is 0 Å². The maximum absolute atomic E-state index is 14.2. The highest BCUT2D eigenvalue weighted by atomic mass is 32.2. The summed E-state index contributed by atoms with van der Waals surface area (Å²) in [7, 11) is -2.67. The maximum Gasteiger partial charge on any atom is 0.338 e. The molecule has 2 N–H and O–H groups in total. The summed E-state index contributed by atoms with van der Waals surface area (Å²) in [5.74, 6) is -3.12. The normalized spacial score (nSPS) is 18.2. The van der Waals surface area contributed by atoms with E-state index in [1.807, 2.05) is 0 Å². The number of hydrogen-bond acceptors (Lipinski definition) is 5. The zero-order chi connectivity index (χ0) is 16.3. The molecule has 0 spiro atoms. The van der Waals surface area contributed by atoms with E-state index in [9.17, 15) is 17.6 Å². The Morgan fingerprint density at radius 2 is 2.27 bits per heavy atom. The van der Waals surface area contributed by atoms with Crippen LogP contribution in [0.4, 0.5) is 10.1 Å². The highest BCUT2D eigenvalue weighted by Crippen LogP contribution is 2.31. The number of methoxy groups -OCH3 is 1. The van der Waals surface area contributed by atoms with E-state index in [1.165, 1.54) is 13.2 Å². The maximum atomic E-state index is 14.2. The predicted octanol–water partition coefficient (Wildman–Crippen LogP) is 1.45. The number of ether oxygens (including phenoxy) is 2. The van der Waals surface area contributed by atoms with E-state index in [0.717, 1.165) is 12.5 Å². The van der Waals surface area contributed by atoms with Crippen LogP contribution in [-0.4, -0.2) is 45.1 Å². The summed E-state index contributed by atoms with van der Waals surface area (Å²) in [6.07, 6.45) is 0.927. The summed E-state index contributed by atoms with van der Waals surface area (Å²) in [4.78, 5) is 10.9. The van der Waals surface area contributed by atoms with Crippen molar-refractivity contribution >= 4 is 21.7 Å². The molecule has 1 aliphatic rings. The van der Waals surface area contributed by atoms with Gasteiger partial charge in [0.25, 0.3) is 0 Å². The molecule has 1 fully saturated rings. The van der Waals surface area contributed by atoms with Crippen LogP contribution in [0.25, 0.3) is 0 Å². The van der Waals surface area contributed by atoms with Crippen molar-refractivity contribution in [1.29, 1.82) is 0 Å². The van der Waals surface area contributed by atoms with Gasteiger partial charge in [-0.3, -0.25) is 4.72 Å². The van der Waals surface area contributed by atoms with Gasteiger partial charge in [-0.1, -0.05) is 0 Å². The number of carbonyl (C=O) groups is 1. The molecule has 0 amide bonds. The van der Waals surface area contributed by atoms with Crippen LogP contribution >= 0.6 is 0 Å². The van der Waals surface area contributed by atoms with Gasteiger partial charge >= 0.3 is 5.97 Å². The van der Waals surface area contributed by atoms with Gasteiger partial charge in [0.15, 0.2) is 5.82 Å². The minimum absolute atomic E-state index is 0.0987. The van der Waals surface area contributed by atoms with E-state index >= 15 is 0 Å². The Balaban J connectivity index is 2.30. The van der Waals surface area contributed by atoms with E-state index in [0.29, 0.717) is 13.0 Å². The fourth-order valence-electron chi connectivity index (χ4n) is 2.21. The summed E-state index contributed by atoms with van der Waals surface area (Å²) in [5.41, 5.74) is -1.16. The fraction of sp³-hybridized carbons (Fsp3) is 0.462. The predicted molar refractivity (Wildman–Crippen MR) is 76.3 cm³/mol. The highest BCUT2D eigenvalue weighted by Gasteiger charge is 2.27. The number of rotatable bonds is 6. The molecule has 0 bridgehead atoms. The van der Waals surface area contributed by atoms with Gasteiger partial charge in [-0.05, 0) is 25.0 Å². The van der Waals surface area contributed by atoms with Crippen LogP contribution in [0.15, 0.2) is 12.1 Å². The SMILES string of the molecule is COc1ccc(C(=O)O)c(F)c1NS(=O)(=O)CC1CCCO1. The molecule has 0 saturated carbocycles. The third-order valence-corrected chi connectivity index (χ3v) is 4.57. The second-order valence-electron chi connectivity index (χ2n) is 4.83. The lowest BCUT2D eigenvalue weighted by atomic mass is 10.2. The number of benzene rings is 1. The molecule has 7 nitrogen and oxygen atoms in total. The average molecular weight is 333 g/mol. The smallest absolute Gasteiger partial charge is 0.338 e. The molecule has 1 aromatic rings. The zero-order valence-corrected chi connectivity index (χ0v) is 12.7. The van der Waals surface area contributed by atoms with Gasteiger partial charge in [0, 0.05) is 6.61 Å². The fourth-order valence-corrected chi connectivity index (χ4v) is 3.54. The zero-order valence-electron chi connectivity index (χ0n) is 11.8. The Hall–Kier alpha value is -1.87. The van der Waals surface area contributed by atoms with E-state index in [2.05, 4.69) is 4.72 Å². The van der Waals surface area contributed by atoms with Gasteiger partial charge < -0.3 is 14.6 Å². The van der Waals surface area contributed by atoms with E-state index in [1.54, 1.807) is 0 Å². The molecule has 1 saturated heterocycles. The van der Waals surface area contributed by atoms with Crippen molar-refractivity contribution in [3.05, 3.63) is 23.5 Å². The van der Waals surface area contributed by atoms with E-state index < -0.39 is 39.2 Å². The Labute approximate surface area is 127 Å². The minimum Gasteiger partial charge on any atom is -0.494 e. The van der Waals surface area contributed by atoms with Crippen LogP contribution in [0.5, 0.6) is 5.75 Å². The standard InChI is InChI=1S/C13H16FNO6S/c1-20-10-5-4-9(13(16)17)11(14)12(10)15-22(18,19)7-8-3-2-6-21-8/h4-5,8,15H,2-3,6-7H2,1H3,(H,16,17). The first-order chi connectivity index (χ1) is 10.3. The lowest BCUT2D eigenvalue weighted by Crippen LogP contribution is -2.26. The van der Waals surface area contributed by atoms with Crippen molar-refractivity contribution in [2.75, 3.05) is 24.2 Å². The molecule has 0 aromatic heterocycles. The average Bonchev–Trinajstić information content (AvgIpc) is 2.92. The largest absolute Gasteiger partial charge is 0.494 e. The van der Waals surface area contributed by atoms with Crippen molar-refractivity contribution in [1.82, 2.24) is 0 Å². The number of sulfonamides is 1. The lowest BCUT2D eigenvalue weighted by Gasteiger charge is -2.15. The third-order valence-electron chi connectivity index (χ3n) is 3.24. The Morgan fingerprint density at radius 1 is 1.55 bits per heavy atom. The highest BCUT2D eigenvalue weighted by molar-refractivity contribution is 7.92. The molecule has 122 valence electrons. The summed E-state index contributed by atoms with van der Waals surface area (Å²) in [5, 5.41) is 8.90. The topological polar surface area (TPSA) is 102 Å². The monoisotopic (exact) mass is 333 g/mol. The van der Waals surface area contributed by atoms with Crippen molar-refractivity contribution in [2.45, 2.75) is 18.9 Å². The van der Waals surface area contributed by atoms with Gasteiger partial charge in [-0.2, -0.15) is 0 Å². The van der Waals surface area contributed by atoms with Crippen LogP contribution in [0.3, 0.4) is 0 Å². The van der Waals surface area contributed by atoms with Gasteiger partial charge in [-0.15, -0.1) is 0 Å². The van der Waals surface area contributed by atoms with Crippen LogP contribution in [0.1, 0.15) is 23.2 Å². The number of carboxylic acid groups (broad SMARTS) is 1. The van der Waals surface area contributed by atoms with Crippen LogP contribution in [0, 0.1) is 5.82 Å². The molecule has 1 atom stereocenters. The summed E-state index contributed by atoms with van der Waals surface area (Å²) >= 11 is 0. The van der Waals surface area contributed by atoms with Crippen molar-refractivity contribution in [3.63, 3.8) is 0 Å². The molecule has 9 heteroatoms. The first-order valence-electron chi connectivity index (χ1n) is 6.56. The van der Waals surface area contributed by atoms with Crippen molar-refractivity contribution < 1.29 is 32.2 Å². The number of nitrogens with one attached hydrogen (secondary N) is 1. The Bertz CT molecular complexity index is 669. The molecule has 1 heterocycles. The summed E-state index contributed by atoms with van der Waals surface area (Å²) in [6, 6.07) is 2.20. The second-order valence-corrected chi connectivity index (χ2v) is 6.59. The molecule has 2 rings (SSSR count). The van der Waals surface area contributed by atoms with Gasteiger partial charge in [-0.25, -0.2) is 17.6 Å². The lowest BCUT2D eigenvalue weighted by molar-refractivity contribution is 0.0692. The number of aromatic carboxylic acids is 1. The first kappa shape index (κ1) is 16.5. The number of halogens is 1. The molecule has 0 aliphatic carbocycles. The Kier molecular flexibility index (Phi) is 4.87. The van der Waals surface area contributed by atoms with Gasteiger partial charge in [0.2, 0.25) is 10.0 Å². The van der Waals surface area contributed by atoms with Crippen LogP contribution < -0.4 is 9.46 Å². The van der Waals surface area contributed by atoms with E-state index in [4.69, 9.17) is 14.6 Å². The molecule has 0 radical (unpaired) electrons. The summed E-state index contributed by atoms with van der Waals surface area (Å²) < 4.78 is 50.6. The molecular formula is C13H16FNO6S. The van der Waals surface area contributed by atoms with Gasteiger partial charge in [0.1, 0.15) is 11.4 Å².